The number of amides is 1. The number of ether oxygens (including phenoxy) is 1. The number of anilines is 3. The molecule has 3 heterocycles. The zero-order valence-corrected chi connectivity index (χ0v) is 22.5. The van der Waals surface area contributed by atoms with Crippen LogP contribution < -0.4 is 19.7 Å². The summed E-state index contributed by atoms with van der Waals surface area (Å²) in [5.74, 6) is 0.287. The number of hydrogen-bond donors (Lipinski definition) is 2. The van der Waals surface area contributed by atoms with Crippen LogP contribution in [0.1, 0.15) is 6.42 Å². The van der Waals surface area contributed by atoms with Crippen molar-refractivity contribution < 1.29 is 22.3 Å². The first-order valence-corrected chi connectivity index (χ1v) is 14.1. The molecule has 0 radical (unpaired) electrons. The summed E-state index contributed by atoms with van der Waals surface area (Å²) >= 11 is 6.07. The van der Waals surface area contributed by atoms with Crippen molar-refractivity contribution >= 4 is 44.7 Å². The van der Waals surface area contributed by atoms with Crippen LogP contribution in [0.2, 0.25) is 5.02 Å². The lowest BCUT2D eigenvalue weighted by molar-refractivity contribution is -0.116. The summed E-state index contributed by atoms with van der Waals surface area (Å²) in [6.45, 7) is 2.13. The van der Waals surface area contributed by atoms with Gasteiger partial charge in [-0.3, -0.25) is 9.78 Å². The molecule has 0 saturated carbocycles. The van der Waals surface area contributed by atoms with Gasteiger partial charge in [-0.25, -0.2) is 22.5 Å². The smallest absolute Gasteiger partial charge is 0.226 e. The summed E-state index contributed by atoms with van der Waals surface area (Å²) in [4.78, 5) is 25.0. The number of rotatable bonds is 10. The Labute approximate surface area is 225 Å². The highest BCUT2D eigenvalue weighted by Gasteiger charge is 2.22. The van der Waals surface area contributed by atoms with Gasteiger partial charge in [0.1, 0.15) is 18.2 Å². The second-order valence-corrected chi connectivity index (χ2v) is 11.1. The lowest BCUT2D eigenvalue weighted by Crippen LogP contribution is -2.33. The second-order valence-electron chi connectivity index (χ2n) is 8.83. The molecule has 0 spiro atoms. The number of nitrogens with zero attached hydrogens (tertiary/aromatic N) is 4. The molecule has 0 aliphatic carbocycles. The third-order valence-corrected chi connectivity index (χ3v) is 6.78. The number of sulfonamides is 1. The topological polar surface area (TPSA) is 117 Å². The molecule has 38 heavy (non-hydrogen) atoms. The fourth-order valence-electron chi connectivity index (χ4n) is 3.92. The average molecular weight is 563 g/mol. The van der Waals surface area contributed by atoms with Gasteiger partial charge in [-0.15, -0.1) is 0 Å². The summed E-state index contributed by atoms with van der Waals surface area (Å²) in [6.07, 6.45) is 4.47. The van der Waals surface area contributed by atoms with E-state index >= 15 is 0 Å². The van der Waals surface area contributed by atoms with E-state index in [2.05, 4.69) is 20.0 Å². The predicted octanol–water partition coefficient (Wildman–Crippen LogP) is 3.28. The monoisotopic (exact) mass is 562 g/mol. The molecule has 3 aromatic rings. The van der Waals surface area contributed by atoms with E-state index < -0.39 is 15.8 Å². The van der Waals surface area contributed by atoms with Gasteiger partial charge in [0.15, 0.2) is 5.75 Å². The predicted molar refractivity (Wildman–Crippen MR) is 145 cm³/mol. The summed E-state index contributed by atoms with van der Waals surface area (Å²) < 4.78 is 45.0. The van der Waals surface area contributed by atoms with E-state index in [0.29, 0.717) is 54.2 Å². The largest absolute Gasteiger partial charge is 0.488 e. The SMILES string of the molecule is CN(CCNS(C)(=O)=O)CCC(=O)Nc1cc(N2CCOc3cnc(-c4cc(Cl)ccc4F)cc32)ccn1. The number of halogens is 2. The first-order chi connectivity index (χ1) is 18.1. The van der Waals surface area contributed by atoms with Crippen LogP contribution in [0, 0.1) is 5.82 Å². The van der Waals surface area contributed by atoms with E-state index in [-0.39, 0.29) is 24.4 Å². The van der Waals surface area contributed by atoms with Gasteiger partial charge in [0, 0.05) is 54.6 Å². The average Bonchev–Trinajstić information content (AvgIpc) is 2.87. The molecule has 13 heteroatoms. The van der Waals surface area contributed by atoms with Crippen LogP contribution in [0.3, 0.4) is 0 Å². The Balaban J connectivity index is 1.44. The van der Waals surface area contributed by atoms with E-state index in [1.165, 1.54) is 18.2 Å². The van der Waals surface area contributed by atoms with E-state index in [0.717, 1.165) is 11.9 Å². The van der Waals surface area contributed by atoms with Crippen LogP contribution in [-0.2, 0) is 14.8 Å². The van der Waals surface area contributed by atoms with E-state index in [9.17, 15) is 17.6 Å². The molecule has 1 aromatic carbocycles. The summed E-state index contributed by atoms with van der Waals surface area (Å²) in [5, 5.41) is 3.21. The van der Waals surface area contributed by atoms with Crippen LogP contribution in [0.25, 0.3) is 11.3 Å². The van der Waals surface area contributed by atoms with Crippen molar-refractivity contribution in [2.45, 2.75) is 6.42 Å². The first-order valence-electron chi connectivity index (χ1n) is 11.8. The lowest BCUT2D eigenvalue weighted by Gasteiger charge is -2.31. The third kappa shape index (κ3) is 7.38. The molecule has 1 aliphatic heterocycles. The number of aromatic nitrogens is 2. The molecular formula is C25H28ClFN6O4S. The number of pyridine rings is 2. The number of carbonyl (C=O) groups is 1. The van der Waals surface area contributed by atoms with Gasteiger partial charge < -0.3 is 19.9 Å². The molecule has 0 fully saturated rings. The number of carbonyl (C=O) groups excluding carboxylic acids is 1. The zero-order chi connectivity index (χ0) is 27.3. The van der Waals surface area contributed by atoms with E-state index in [4.69, 9.17) is 16.3 Å². The fraction of sp³-hybridized carbons (Fsp3) is 0.320. The number of nitrogens with one attached hydrogen (secondary N) is 2. The van der Waals surface area contributed by atoms with Crippen molar-refractivity contribution in [3.63, 3.8) is 0 Å². The summed E-state index contributed by atoms with van der Waals surface area (Å²) in [5.41, 5.74) is 2.17. The highest BCUT2D eigenvalue weighted by Crippen LogP contribution is 2.39. The van der Waals surface area contributed by atoms with Crippen molar-refractivity contribution in [2.75, 3.05) is 56.3 Å². The second kappa shape index (κ2) is 12.0. The van der Waals surface area contributed by atoms with Gasteiger partial charge >= 0.3 is 0 Å². The molecule has 0 bridgehead atoms. The number of benzene rings is 1. The van der Waals surface area contributed by atoms with Crippen molar-refractivity contribution in [3.8, 4) is 17.0 Å². The lowest BCUT2D eigenvalue weighted by atomic mass is 10.1. The minimum absolute atomic E-state index is 0.210. The van der Waals surface area contributed by atoms with Gasteiger partial charge in [-0.05, 0) is 37.4 Å². The van der Waals surface area contributed by atoms with Crippen molar-refractivity contribution in [2.24, 2.45) is 0 Å². The molecule has 0 atom stereocenters. The highest BCUT2D eigenvalue weighted by molar-refractivity contribution is 7.88. The quantitative estimate of drug-likeness (QED) is 0.387. The number of fused-ring (bicyclic) bond motifs is 1. The van der Waals surface area contributed by atoms with Gasteiger partial charge in [0.2, 0.25) is 15.9 Å². The van der Waals surface area contributed by atoms with Crippen LogP contribution in [0.4, 0.5) is 21.6 Å². The molecule has 2 aromatic heterocycles. The normalized spacial score (nSPS) is 13.2. The minimum atomic E-state index is -3.25. The first kappa shape index (κ1) is 27.7. The minimum Gasteiger partial charge on any atom is -0.488 e. The third-order valence-electron chi connectivity index (χ3n) is 5.82. The number of hydrogen-bond acceptors (Lipinski definition) is 8. The van der Waals surface area contributed by atoms with Crippen LogP contribution in [0.5, 0.6) is 5.75 Å². The number of likely N-dealkylation sites (N-methyl/N-ethyl adjacent to an activating group) is 1. The van der Waals surface area contributed by atoms with E-state index in [1.54, 1.807) is 24.5 Å². The van der Waals surface area contributed by atoms with E-state index in [1.807, 2.05) is 22.9 Å². The van der Waals surface area contributed by atoms with Gasteiger partial charge in [0.05, 0.1) is 30.4 Å². The maximum absolute atomic E-state index is 14.5. The highest BCUT2D eigenvalue weighted by atomic mass is 35.5. The standard InChI is InChI=1S/C25H28ClFN6O4S/c1-32(10-8-30-38(2,35)36)9-6-25(34)31-24-14-18(5-7-28-24)33-11-12-37-23-16-29-21(15-22(23)33)19-13-17(26)3-4-20(19)27/h3-5,7,13-16,30H,6,8-12H2,1-2H3,(H,28,31,34). The Morgan fingerprint density at radius 3 is 2.82 bits per heavy atom. The van der Waals surface area contributed by atoms with Gasteiger partial charge in [-0.2, -0.15) is 0 Å². The Morgan fingerprint density at radius 2 is 2.03 bits per heavy atom. The summed E-state index contributed by atoms with van der Waals surface area (Å²) in [7, 11) is -1.44. The van der Waals surface area contributed by atoms with Crippen molar-refractivity contribution in [3.05, 3.63) is 59.6 Å². The Morgan fingerprint density at radius 1 is 1.21 bits per heavy atom. The Kier molecular flexibility index (Phi) is 8.77. The molecule has 202 valence electrons. The van der Waals surface area contributed by atoms with Gasteiger partial charge in [0.25, 0.3) is 0 Å². The van der Waals surface area contributed by atoms with Crippen molar-refractivity contribution in [1.29, 1.82) is 0 Å². The van der Waals surface area contributed by atoms with Crippen LogP contribution in [-0.4, -0.2) is 75.3 Å². The molecule has 2 N–H and O–H groups in total. The van der Waals surface area contributed by atoms with Crippen LogP contribution >= 0.6 is 11.6 Å². The fourth-order valence-corrected chi connectivity index (χ4v) is 4.55. The Bertz CT molecular complexity index is 1420. The van der Waals surface area contributed by atoms with Gasteiger partial charge in [-0.1, -0.05) is 11.6 Å². The molecule has 1 aliphatic rings. The maximum Gasteiger partial charge on any atom is 0.226 e. The zero-order valence-electron chi connectivity index (χ0n) is 20.9. The summed E-state index contributed by atoms with van der Waals surface area (Å²) in [6, 6.07) is 9.63. The molecule has 10 nitrogen and oxygen atoms in total. The van der Waals surface area contributed by atoms with Crippen LogP contribution in [0.15, 0.2) is 48.8 Å². The van der Waals surface area contributed by atoms with Crippen molar-refractivity contribution in [1.82, 2.24) is 19.6 Å². The molecular weight excluding hydrogens is 535 g/mol. The Hall–Kier alpha value is -3.32. The molecule has 0 unspecified atom stereocenters. The molecule has 0 saturated heterocycles. The molecule has 4 rings (SSSR count). The molecule has 1 amide bonds. The maximum atomic E-state index is 14.5.